The van der Waals surface area contributed by atoms with E-state index >= 15 is 0 Å². The second-order valence-electron chi connectivity index (χ2n) is 3.62. The molecule has 1 aromatic carbocycles. The molecule has 15 heavy (non-hydrogen) atoms. The molecule has 3 heteroatoms. The van der Waals surface area contributed by atoms with E-state index < -0.39 is 0 Å². The van der Waals surface area contributed by atoms with Gasteiger partial charge in [0, 0.05) is 0 Å². The summed E-state index contributed by atoms with van der Waals surface area (Å²) in [6.07, 6.45) is 5.44. The van der Waals surface area contributed by atoms with E-state index in [0.29, 0.717) is 5.92 Å². The molecule has 0 N–H and O–H groups in total. The van der Waals surface area contributed by atoms with Crippen LogP contribution in [0.5, 0.6) is 0 Å². The Bertz CT molecular complexity index is 359. The van der Waals surface area contributed by atoms with Gasteiger partial charge in [-0.3, -0.25) is 6.08 Å². The van der Waals surface area contributed by atoms with Crippen LogP contribution < -0.4 is 24.8 Å². The third-order valence-corrected chi connectivity index (χ3v) is 2.49. The Balaban J connectivity index is 0. The van der Waals surface area contributed by atoms with Crippen molar-refractivity contribution in [1.29, 1.82) is 0 Å². The van der Waals surface area contributed by atoms with Crippen LogP contribution in [0.2, 0.25) is 0 Å². The fourth-order valence-electron chi connectivity index (χ4n) is 2.02. The van der Waals surface area contributed by atoms with Gasteiger partial charge < -0.3 is 24.8 Å². The Morgan fingerprint density at radius 3 is 2.33 bits per heavy atom. The molecule has 1 aliphatic rings. The van der Waals surface area contributed by atoms with Crippen molar-refractivity contribution in [3.05, 3.63) is 40.5 Å². The van der Waals surface area contributed by atoms with Gasteiger partial charge in [0.2, 0.25) is 0 Å². The maximum Gasteiger partial charge on any atom is 3.00 e. The summed E-state index contributed by atoms with van der Waals surface area (Å²) in [4.78, 5) is 0. The Labute approximate surface area is 123 Å². The van der Waals surface area contributed by atoms with Crippen LogP contribution >= 0.6 is 0 Å². The molecule has 0 amide bonds. The number of allylic oxidation sites excluding steroid dienone is 1. The SMILES string of the molecule is Cc1cc(C)c2c(c1)C=[C-]C2C.[Cl-].[Cl-].[Zr+3]. The van der Waals surface area contributed by atoms with Crippen molar-refractivity contribution in [2.75, 3.05) is 0 Å². The number of hydrogen-bond donors (Lipinski definition) is 0. The molecule has 0 aromatic heterocycles. The molecule has 1 unspecified atom stereocenters. The third kappa shape index (κ3) is 3.44. The molecule has 0 spiro atoms. The summed E-state index contributed by atoms with van der Waals surface area (Å²) >= 11 is 0. The first-order chi connectivity index (χ1) is 5.68. The second-order valence-corrected chi connectivity index (χ2v) is 3.62. The van der Waals surface area contributed by atoms with Gasteiger partial charge in [-0.15, -0.1) is 11.6 Å². The molecule has 0 saturated heterocycles. The van der Waals surface area contributed by atoms with Gasteiger partial charge in [0.25, 0.3) is 0 Å². The van der Waals surface area contributed by atoms with Crippen LogP contribution in [0.15, 0.2) is 12.1 Å². The molecular formula is C12H13Cl2Zr. The van der Waals surface area contributed by atoms with Gasteiger partial charge >= 0.3 is 26.2 Å². The van der Waals surface area contributed by atoms with Crippen molar-refractivity contribution in [2.24, 2.45) is 0 Å². The first kappa shape index (κ1) is 17.8. The van der Waals surface area contributed by atoms with Gasteiger partial charge in [-0.25, -0.2) is 6.08 Å². The molecule has 0 heterocycles. The molecule has 1 aromatic rings. The fraction of sp³-hybridized carbons (Fsp3) is 0.333. The first-order valence-corrected chi connectivity index (χ1v) is 4.39. The number of benzene rings is 1. The number of aryl methyl sites for hydroxylation is 2. The summed E-state index contributed by atoms with van der Waals surface area (Å²) in [6, 6.07) is 4.48. The Hall–Kier alpha value is 0.423. The summed E-state index contributed by atoms with van der Waals surface area (Å²) < 4.78 is 0. The quantitative estimate of drug-likeness (QED) is 0.455. The van der Waals surface area contributed by atoms with E-state index in [1.165, 1.54) is 22.3 Å². The summed E-state index contributed by atoms with van der Waals surface area (Å²) in [5.74, 6) is 0.487. The van der Waals surface area contributed by atoms with Gasteiger partial charge in [-0.05, 0) is 13.8 Å². The van der Waals surface area contributed by atoms with Crippen molar-refractivity contribution in [3.8, 4) is 0 Å². The van der Waals surface area contributed by atoms with Gasteiger partial charge in [-0.2, -0.15) is 5.56 Å². The smallest absolute Gasteiger partial charge is 1.00 e. The summed E-state index contributed by atoms with van der Waals surface area (Å²) in [7, 11) is 0. The van der Waals surface area contributed by atoms with Crippen molar-refractivity contribution >= 4 is 6.08 Å². The maximum atomic E-state index is 3.33. The van der Waals surface area contributed by atoms with Crippen LogP contribution in [-0.2, 0) is 26.2 Å². The molecule has 2 rings (SSSR count). The molecule has 0 fully saturated rings. The minimum Gasteiger partial charge on any atom is -1.00 e. The predicted molar refractivity (Wildman–Crippen MR) is 52.0 cm³/mol. The summed E-state index contributed by atoms with van der Waals surface area (Å²) in [5.41, 5.74) is 5.57. The van der Waals surface area contributed by atoms with Crippen LogP contribution in [-0.4, -0.2) is 0 Å². The standard InChI is InChI=1S/C12H13.2ClH.Zr/c1-8-6-10(3)12-9(2)4-5-11(12)7-8;;;/h5-7,9H,1-3H3;2*1H;/q-1;;;+3/p-2. The molecule has 1 radical (unpaired) electrons. The van der Waals surface area contributed by atoms with Crippen molar-refractivity contribution in [1.82, 2.24) is 0 Å². The van der Waals surface area contributed by atoms with E-state index in [2.05, 4.69) is 45.1 Å². The molecule has 1 atom stereocenters. The molecular weight excluding hydrogens is 306 g/mol. The molecule has 0 nitrogen and oxygen atoms in total. The maximum absolute atomic E-state index is 3.33. The van der Waals surface area contributed by atoms with Crippen LogP contribution in [0.4, 0.5) is 0 Å². The van der Waals surface area contributed by atoms with Gasteiger partial charge in [0.15, 0.2) is 0 Å². The number of hydrogen-bond acceptors (Lipinski definition) is 0. The van der Waals surface area contributed by atoms with E-state index in [-0.39, 0.29) is 51.0 Å². The third-order valence-electron chi connectivity index (χ3n) is 2.49. The van der Waals surface area contributed by atoms with Crippen molar-refractivity contribution in [3.63, 3.8) is 0 Å². The van der Waals surface area contributed by atoms with E-state index in [1.807, 2.05) is 0 Å². The number of halogens is 2. The van der Waals surface area contributed by atoms with E-state index in [1.54, 1.807) is 0 Å². The predicted octanol–water partition coefficient (Wildman–Crippen LogP) is -2.76. The van der Waals surface area contributed by atoms with Gasteiger partial charge in [0.05, 0.1) is 0 Å². The zero-order valence-electron chi connectivity index (χ0n) is 9.07. The largest absolute Gasteiger partial charge is 3.00 e. The fourth-order valence-corrected chi connectivity index (χ4v) is 2.02. The molecule has 0 saturated carbocycles. The summed E-state index contributed by atoms with van der Waals surface area (Å²) in [5, 5.41) is 0. The van der Waals surface area contributed by atoms with E-state index in [0.717, 1.165) is 0 Å². The average molecular weight is 319 g/mol. The van der Waals surface area contributed by atoms with Crippen LogP contribution in [0.1, 0.15) is 35.1 Å². The van der Waals surface area contributed by atoms with E-state index in [9.17, 15) is 0 Å². The van der Waals surface area contributed by atoms with Gasteiger partial charge in [-0.1, -0.05) is 30.0 Å². The minimum atomic E-state index is 0. The van der Waals surface area contributed by atoms with Crippen molar-refractivity contribution < 1.29 is 51.0 Å². The monoisotopic (exact) mass is 317 g/mol. The molecule has 1 aliphatic carbocycles. The first-order valence-electron chi connectivity index (χ1n) is 4.39. The molecule has 0 aliphatic heterocycles. The van der Waals surface area contributed by atoms with Crippen molar-refractivity contribution in [2.45, 2.75) is 26.7 Å². The topological polar surface area (TPSA) is 0 Å². The number of rotatable bonds is 0. The zero-order valence-corrected chi connectivity index (χ0v) is 13.0. The van der Waals surface area contributed by atoms with Crippen LogP contribution in [0.3, 0.4) is 0 Å². The summed E-state index contributed by atoms with van der Waals surface area (Å²) in [6.45, 7) is 6.53. The minimum absolute atomic E-state index is 0. The number of fused-ring (bicyclic) bond motifs is 1. The zero-order chi connectivity index (χ0) is 8.72. The average Bonchev–Trinajstić information content (AvgIpc) is 2.31. The Kier molecular flexibility index (Phi) is 8.18. The van der Waals surface area contributed by atoms with E-state index in [4.69, 9.17) is 0 Å². The van der Waals surface area contributed by atoms with Crippen LogP contribution in [0, 0.1) is 19.9 Å². The second kappa shape index (κ2) is 6.89. The van der Waals surface area contributed by atoms with Crippen LogP contribution in [0.25, 0.3) is 6.08 Å². The Morgan fingerprint density at radius 1 is 1.13 bits per heavy atom. The molecule has 79 valence electrons. The normalized spacial score (nSPS) is 15.8. The Morgan fingerprint density at radius 2 is 1.73 bits per heavy atom. The molecule has 0 bridgehead atoms. The van der Waals surface area contributed by atoms with Gasteiger partial charge in [0.1, 0.15) is 0 Å².